The summed E-state index contributed by atoms with van der Waals surface area (Å²) in [6.45, 7) is 3.42. The number of nitrogens with two attached hydrogens (primary N) is 1. The summed E-state index contributed by atoms with van der Waals surface area (Å²) in [5.41, 5.74) is 12.2. The first-order chi connectivity index (χ1) is 22.3. The molecule has 232 valence electrons. The van der Waals surface area contributed by atoms with Gasteiger partial charge in [-0.25, -0.2) is 9.97 Å². The number of aryl methyl sites for hydroxylation is 1. The number of thiazole rings is 2. The summed E-state index contributed by atoms with van der Waals surface area (Å²) in [7, 11) is 3.34. The maximum absolute atomic E-state index is 5.84. The molecule has 13 heteroatoms. The fourth-order valence-corrected chi connectivity index (χ4v) is 8.68. The van der Waals surface area contributed by atoms with Crippen molar-refractivity contribution in [3.63, 3.8) is 0 Å². The van der Waals surface area contributed by atoms with Crippen molar-refractivity contribution in [1.82, 2.24) is 29.5 Å². The Balaban J connectivity index is 0.000000147. The second-order valence-electron chi connectivity index (χ2n) is 10.5. The van der Waals surface area contributed by atoms with E-state index in [0.717, 1.165) is 68.6 Å². The standard InChI is InChI=1S/C17H14BrN3OS.C16H13BrN4OS/c1-10-20-16-13-8-19-21(17(13)14(18)7-15(16)23-10)9-11-3-5-12(22-2)6-4-11;1-22-10-4-2-9(3-5-10)8-21-15-11(7-19-21)14-13(6-12(15)17)23-16(18)20-14/h3-8H,9H2,1-2H3;2-7H,8H2,1H3,(H2,18,20). The van der Waals surface area contributed by atoms with E-state index in [-0.39, 0.29) is 0 Å². The Morgan fingerprint density at radius 3 is 1.63 bits per heavy atom. The SMILES string of the molecule is COc1ccc(Cn2ncc3c4nc(C)sc4cc(Br)c32)cc1.COc1ccc(Cn2ncc3c4nc(N)sc4cc(Br)c32)cc1. The Kier molecular flexibility index (Phi) is 8.40. The van der Waals surface area contributed by atoms with Crippen LogP contribution in [0.1, 0.15) is 16.1 Å². The molecular formula is C33H27Br2N7O2S2. The van der Waals surface area contributed by atoms with Gasteiger partial charge in [-0.15, -0.1) is 11.3 Å². The van der Waals surface area contributed by atoms with Crippen LogP contribution in [-0.4, -0.2) is 43.7 Å². The number of ether oxygens (including phenoxy) is 2. The van der Waals surface area contributed by atoms with E-state index < -0.39 is 0 Å². The second kappa shape index (κ2) is 12.6. The van der Waals surface area contributed by atoms with Gasteiger partial charge < -0.3 is 15.2 Å². The number of nitrogen functional groups attached to an aromatic ring is 1. The van der Waals surface area contributed by atoms with Crippen molar-refractivity contribution in [2.75, 3.05) is 20.0 Å². The molecule has 8 rings (SSSR count). The molecule has 0 aliphatic carbocycles. The molecule has 0 bridgehead atoms. The number of benzene rings is 4. The van der Waals surface area contributed by atoms with Gasteiger partial charge in [0.2, 0.25) is 0 Å². The lowest BCUT2D eigenvalue weighted by atomic mass is 10.2. The van der Waals surface area contributed by atoms with E-state index in [1.807, 2.05) is 65.1 Å². The molecule has 4 aromatic carbocycles. The predicted octanol–water partition coefficient (Wildman–Crippen LogP) is 8.82. The smallest absolute Gasteiger partial charge is 0.181 e. The number of methoxy groups -OCH3 is 2. The topological polar surface area (TPSA) is 106 Å². The predicted molar refractivity (Wildman–Crippen MR) is 195 cm³/mol. The van der Waals surface area contributed by atoms with Gasteiger partial charge in [-0.1, -0.05) is 35.6 Å². The molecule has 0 atom stereocenters. The molecule has 0 radical (unpaired) electrons. The van der Waals surface area contributed by atoms with Crippen LogP contribution in [0.25, 0.3) is 42.2 Å². The number of hydrogen-bond donors (Lipinski definition) is 1. The van der Waals surface area contributed by atoms with E-state index in [1.54, 1.807) is 25.6 Å². The molecular weight excluding hydrogens is 750 g/mol. The molecule has 0 spiro atoms. The van der Waals surface area contributed by atoms with Crippen LogP contribution in [0.4, 0.5) is 5.13 Å². The fraction of sp³-hybridized carbons (Fsp3) is 0.152. The Hall–Kier alpha value is -4.04. The zero-order valence-corrected chi connectivity index (χ0v) is 29.8. The van der Waals surface area contributed by atoms with Crippen molar-refractivity contribution in [2.45, 2.75) is 20.0 Å². The minimum absolute atomic E-state index is 0.572. The third kappa shape index (κ3) is 5.83. The second-order valence-corrected chi connectivity index (χ2v) is 14.5. The number of aromatic nitrogens is 6. The summed E-state index contributed by atoms with van der Waals surface area (Å²) in [6, 6.07) is 20.2. The molecule has 9 nitrogen and oxygen atoms in total. The molecule has 4 heterocycles. The molecule has 46 heavy (non-hydrogen) atoms. The maximum Gasteiger partial charge on any atom is 0.181 e. The molecule has 0 saturated heterocycles. The van der Waals surface area contributed by atoms with Crippen LogP contribution < -0.4 is 15.2 Å². The van der Waals surface area contributed by atoms with Crippen molar-refractivity contribution >= 4 is 102 Å². The largest absolute Gasteiger partial charge is 0.497 e. The van der Waals surface area contributed by atoms with Gasteiger partial charge in [0.05, 0.1) is 76.2 Å². The van der Waals surface area contributed by atoms with Crippen LogP contribution in [-0.2, 0) is 13.1 Å². The highest BCUT2D eigenvalue weighted by Gasteiger charge is 2.16. The first-order valence-corrected chi connectivity index (χ1v) is 17.4. The van der Waals surface area contributed by atoms with E-state index in [9.17, 15) is 0 Å². The van der Waals surface area contributed by atoms with E-state index >= 15 is 0 Å². The number of halogens is 2. The Labute approximate surface area is 288 Å². The highest BCUT2D eigenvalue weighted by Crippen LogP contribution is 2.36. The van der Waals surface area contributed by atoms with Crippen LogP contribution in [0.15, 0.2) is 82.0 Å². The van der Waals surface area contributed by atoms with Crippen LogP contribution in [0.3, 0.4) is 0 Å². The van der Waals surface area contributed by atoms with Crippen molar-refractivity contribution < 1.29 is 9.47 Å². The average molecular weight is 778 g/mol. The molecule has 0 fully saturated rings. The van der Waals surface area contributed by atoms with Crippen molar-refractivity contribution in [2.24, 2.45) is 0 Å². The normalized spacial score (nSPS) is 11.4. The molecule has 2 N–H and O–H groups in total. The highest BCUT2D eigenvalue weighted by atomic mass is 79.9. The van der Waals surface area contributed by atoms with Gasteiger partial charge >= 0.3 is 0 Å². The summed E-state index contributed by atoms with van der Waals surface area (Å²) in [6.07, 6.45) is 3.76. The average Bonchev–Trinajstić information content (AvgIpc) is 3.83. The first kappa shape index (κ1) is 30.6. The lowest BCUT2D eigenvalue weighted by Crippen LogP contribution is -2.01. The quantitative estimate of drug-likeness (QED) is 0.180. The van der Waals surface area contributed by atoms with Gasteiger partial charge in [0.1, 0.15) is 11.5 Å². The third-order valence-electron chi connectivity index (χ3n) is 7.57. The zero-order chi connectivity index (χ0) is 31.9. The molecule has 8 aromatic rings. The summed E-state index contributed by atoms with van der Waals surface area (Å²) in [5.74, 6) is 1.71. The molecule has 0 aliphatic rings. The van der Waals surface area contributed by atoms with Crippen molar-refractivity contribution in [3.05, 3.63) is 98.1 Å². The van der Waals surface area contributed by atoms with Gasteiger partial charge in [-0.05, 0) is 86.3 Å². The summed E-state index contributed by atoms with van der Waals surface area (Å²) >= 11 is 10.5. The van der Waals surface area contributed by atoms with E-state index in [2.05, 4.69) is 76.3 Å². The van der Waals surface area contributed by atoms with E-state index in [4.69, 9.17) is 15.2 Å². The molecule has 4 aromatic heterocycles. The zero-order valence-electron chi connectivity index (χ0n) is 25.0. The molecule has 0 saturated carbocycles. The van der Waals surface area contributed by atoms with Crippen LogP contribution in [0.2, 0.25) is 0 Å². The Morgan fingerprint density at radius 1 is 0.696 bits per heavy atom. The lowest BCUT2D eigenvalue weighted by molar-refractivity contribution is 0.414. The van der Waals surface area contributed by atoms with Gasteiger partial charge in [0.15, 0.2) is 5.13 Å². The van der Waals surface area contributed by atoms with E-state index in [1.165, 1.54) is 21.6 Å². The summed E-state index contributed by atoms with van der Waals surface area (Å²) in [4.78, 5) is 9.08. The maximum atomic E-state index is 5.84. The summed E-state index contributed by atoms with van der Waals surface area (Å²) in [5, 5.41) is 12.8. The Bertz CT molecular complexity index is 2180. The number of hydrogen-bond acceptors (Lipinski definition) is 9. The minimum atomic E-state index is 0.572. The number of anilines is 1. The van der Waals surface area contributed by atoms with Gasteiger partial charge in [0, 0.05) is 19.7 Å². The van der Waals surface area contributed by atoms with Gasteiger partial charge in [-0.2, -0.15) is 10.2 Å². The number of fused-ring (bicyclic) bond motifs is 6. The molecule has 0 amide bonds. The van der Waals surface area contributed by atoms with Gasteiger partial charge in [0.25, 0.3) is 0 Å². The number of rotatable bonds is 6. The monoisotopic (exact) mass is 775 g/mol. The lowest BCUT2D eigenvalue weighted by Gasteiger charge is -2.07. The van der Waals surface area contributed by atoms with Gasteiger partial charge in [-0.3, -0.25) is 9.36 Å². The van der Waals surface area contributed by atoms with Crippen LogP contribution in [0.5, 0.6) is 11.5 Å². The number of nitrogens with zero attached hydrogens (tertiary/aromatic N) is 6. The molecule has 0 unspecified atom stereocenters. The van der Waals surface area contributed by atoms with Crippen LogP contribution in [0, 0.1) is 6.92 Å². The third-order valence-corrected chi connectivity index (χ3v) is 10.5. The highest BCUT2D eigenvalue weighted by molar-refractivity contribution is 9.11. The summed E-state index contributed by atoms with van der Waals surface area (Å²) < 4.78 is 18.7. The fourth-order valence-electron chi connectivity index (χ4n) is 5.41. The van der Waals surface area contributed by atoms with E-state index in [0.29, 0.717) is 18.2 Å². The Morgan fingerprint density at radius 2 is 1.15 bits per heavy atom. The first-order valence-electron chi connectivity index (χ1n) is 14.2. The van der Waals surface area contributed by atoms with Crippen molar-refractivity contribution in [1.29, 1.82) is 0 Å². The van der Waals surface area contributed by atoms with Crippen LogP contribution >= 0.6 is 54.5 Å². The van der Waals surface area contributed by atoms with Crippen molar-refractivity contribution in [3.8, 4) is 11.5 Å². The molecule has 0 aliphatic heterocycles. The minimum Gasteiger partial charge on any atom is -0.497 e.